The Bertz CT molecular complexity index is 645. The lowest BCUT2D eigenvalue weighted by Gasteiger charge is -2.03. The SMILES string of the molecule is Cc1cc(=O)n2[nH]c(CNC(=O)C(C)Cl)nc2n1. The number of amides is 1. The number of nitrogens with zero attached hydrogens (tertiary/aromatic N) is 3. The van der Waals surface area contributed by atoms with Crippen molar-refractivity contribution in [3.05, 3.63) is 27.9 Å². The van der Waals surface area contributed by atoms with Crippen LogP contribution in [-0.4, -0.2) is 30.9 Å². The summed E-state index contributed by atoms with van der Waals surface area (Å²) in [5.74, 6) is 0.424. The van der Waals surface area contributed by atoms with E-state index in [0.29, 0.717) is 11.5 Å². The van der Waals surface area contributed by atoms with Gasteiger partial charge in [-0.1, -0.05) is 0 Å². The highest BCUT2D eigenvalue weighted by atomic mass is 35.5. The van der Waals surface area contributed by atoms with Crippen LogP contribution >= 0.6 is 11.6 Å². The molecule has 8 heteroatoms. The molecular weight excluding hydrogens is 258 g/mol. The number of rotatable bonds is 3. The van der Waals surface area contributed by atoms with Gasteiger partial charge in [-0.05, 0) is 13.8 Å². The van der Waals surface area contributed by atoms with Crippen LogP contribution in [0, 0.1) is 6.92 Å². The van der Waals surface area contributed by atoms with Crippen molar-refractivity contribution in [2.24, 2.45) is 0 Å². The Labute approximate surface area is 107 Å². The van der Waals surface area contributed by atoms with Crippen molar-refractivity contribution in [3.8, 4) is 0 Å². The van der Waals surface area contributed by atoms with E-state index in [9.17, 15) is 9.59 Å². The molecule has 0 saturated heterocycles. The summed E-state index contributed by atoms with van der Waals surface area (Å²) in [5.41, 5.74) is 0.352. The number of hydrogen-bond acceptors (Lipinski definition) is 4. The standard InChI is InChI=1S/C10H12ClN5O2/c1-5-3-8(17)16-10(13-5)14-7(15-16)4-12-9(18)6(2)11/h3,6H,4H2,1-2H3,(H,12,18)(H,13,14,15). The first-order valence-electron chi connectivity index (χ1n) is 5.34. The fourth-order valence-corrected chi connectivity index (χ4v) is 1.50. The molecule has 1 unspecified atom stereocenters. The van der Waals surface area contributed by atoms with E-state index in [-0.39, 0.29) is 23.8 Å². The minimum Gasteiger partial charge on any atom is -0.348 e. The van der Waals surface area contributed by atoms with E-state index in [1.165, 1.54) is 10.6 Å². The first-order chi connectivity index (χ1) is 8.47. The molecule has 0 aromatic carbocycles. The van der Waals surface area contributed by atoms with Crippen LogP contribution in [0.25, 0.3) is 5.78 Å². The molecule has 2 aromatic rings. The fourth-order valence-electron chi connectivity index (χ4n) is 1.43. The van der Waals surface area contributed by atoms with E-state index in [1.807, 2.05) is 0 Å². The summed E-state index contributed by atoms with van der Waals surface area (Å²) in [4.78, 5) is 31.1. The predicted octanol–water partition coefficient (Wildman–Crippen LogP) is -0.0305. The average molecular weight is 270 g/mol. The minimum atomic E-state index is -0.613. The van der Waals surface area contributed by atoms with Gasteiger partial charge in [0.15, 0.2) is 0 Å². The number of H-pyrrole nitrogens is 1. The predicted molar refractivity (Wildman–Crippen MR) is 65.5 cm³/mol. The number of aromatic nitrogens is 4. The molecule has 2 aromatic heterocycles. The molecule has 1 atom stereocenters. The van der Waals surface area contributed by atoms with Crippen LogP contribution in [-0.2, 0) is 11.3 Å². The lowest BCUT2D eigenvalue weighted by molar-refractivity contribution is -0.120. The monoisotopic (exact) mass is 269 g/mol. The number of hydrogen-bond donors (Lipinski definition) is 2. The number of nitrogens with one attached hydrogen (secondary N) is 2. The van der Waals surface area contributed by atoms with E-state index in [4.69, 9.17) is 11.6 Å². The number of aromatic amines is 1. The Morgan fingerprint density at radius 1 is 1.61 bits per heavy atom. The largest absolute Gasteiger partial charge is 0.348 e. The van der Waals surface area contributed by atoms with Gasteiger partial charge in [-0.15, -0.1) is 11.6 Å². The summed E-state index contributed by atoms with van der Waals surface area (Å²) < 4.78 is 1.22. The van der Waals surface area contributed by atoms with Gasteiger partial charge in [-0.2, -0.15) is 9.50 Å². The molecule has 0 aliphatic heterocycles. The maximum absolute atomic E-state index is 11.6. The lowest BCUT2D eigenvalue weighted by Crippen LogP contribution is -2.29. The molecule has 0 aliphatic rings. The lowest BCUT2D eigenvalue weighted by atomic mass is 10.4. The summed E-state index contributed by atoms with van der Waals surface area (Å²) >= 11 is 5.61. The third kappa shape index (κ3) is 2.51. The summed E-state index contributed by atoms with van der Waals surface area (Å²) in [6.45, 7) is 3.45. The average Bonchev–Trinajstić information content (AvgIpc) is 2.68. The Hall–Kier alpha value is -1.89. The van der Waals surface area contributed by atoms with Gasteiger partial charge in [0.2, 0.25) is 5.91 Å². The molecule has 2 rings (SSSR count). The van der Waals surface area contributed by atoms with Crippen LogP contribution < -0.4 is 10.9 Å². The van der Waals surface area contributed by atoms with Crippen LogP contribution in [0.5, 0.6) is 0 Å². The van der Waals surface area contributed by atoms with Crippen molar-refractivity contribution in [3.63, 3.8) is 0 Å². The molecule has 0 spiro atoms. The Kier molecular flexibility index (Phi) is 3.33. The minimum absolute atomic E-state index is 0.164. The van der Waals surface area contributed by atoms with Crippen molar-refractivity contribution < 1.29 is 4.79 Å². The van der Waals surface area contributed by atoms with Gasteiger partial charge in [0.05, 0.1) is 6.54 Å². The van der Waals surface area contributed by atoms with Gasteiger partial charge in [-0.3, -0.25) is 14.7 Å². The molecule has 1 amide bonds. The highest BCUT2D eigenvalue weighted by Gasteiger charge is 2.10. The Balaban J connectivity index is 2.23. The molecule has 7 nitrogen and oxygen atoms in total. The smallest absolute Gasteiger partial charge is 0.274 e. The molecule has 0 aliphatic carbocycles. The van der Waals surface area contributed by atoms with Crippen molar-refractivity contribution in [2.75, 3.05) is 0 Å². The second-order valence-corrected chi connectivity index (χ2v) is 4.53. The summed E-state index contributed by atoms with van der Waals surface area (Å²) in [5, 5.41) is 4.73. The van der Waals surface area contributed by atoms with E-state index in [2.05, 4.69) is 20.4 Å². The zero-order valence-corrected chi connectivity index (χ0v) is 10.7. The Morgan fingerprint density at radius 3 is 3.00 bits per heavy atom. The zero-order chi connectivity index (χ0) is 13.3. The number of halogens is 1. The van der Waals surface area contributed by atoms with Gasteiger partial charge in [0.25, 0.3) is 11.3 Å². The molecule has 2 N–H and O–H groups in total. The van der Waals surface area contributed by atoms with E-state index in [0.717, 1.165) is 0 Å². The van der Waals surface area contributed by atoms with E-state index in [1.54, 1.807) is 13.8 Å². The first kappa shape index (κ1) is 12.6. The van der Waals surface area contributed by atoms with Gasteiger partial charge < -0.3 is 5.32 Å². The second-order valence-electron chi connectivity index (χ2n) is 3.88. The maximum Gasteiger partial charge on any atom is 0.274 e. The number of aryl methyl sites for hydroxylation is 1. The van der Waals surface area contributed by atoms with Crippen LogP contribution in [0.3, 0.4) is 0 Å². The van der Waals surface area contributed by atoms with E-state index >= 15 is 0 Å². The van der Waals surface area contributed by atoms with Gasteiger partial charge in [0, 0.05) is 11.8 Å². The molecule has 0 bridgehead atoms. The number of alkyl halides is 1. The molecule has 18 heavy (non-hydrogen) atoms. The van der Waals surface area contributed by atoms with Crippen LogP contribution in [0.4, 0.5) is 0 Å². The van der Waals surface area contributed by atoms with Crippen LogP contribution in [0.1, 0.15) is 18.4 Å². The maximum atomic E-state index is 11.6. The van der Waals surface area contributed by atoms with Crippen LogP contribution in [0.2, 0.25) is 0 Å². The molecule has 0 saturated carbocycles. The first-order valence-corrected chi connectivity index (χ1v) is 5.78. The zero-order valence-electron chi connectivity index (χ0n) is 9.90. The summed E-state index contributed by atoms with van der Waals surface area (Å²) in [6.07, 6.45) is 0. The topological polar surface area (TPSA) is 92.2 Å². The van der Waals surface area contributed by atoms with Gasteiger partial charge >= 0.3 is 0 Å². The molecule has 96 valence electrons. The van der Waals surface area contributed by atoms with Crippen molar-refractivity contribution in [2.45, 2.75) is 25.8 Å². The van der Waals surface area contributed by atoms with Gasteiger partial charge in [0.1, 0.15) is 11.2 Å². The van der Waals surface area contributed by atoms with E-state index < -0.39 is 5.38 Å². The Morgan fingerprint density at radius 2 is 2.33 bits per heavy atom. The number of carbonyl (C=O) groups is 1. The molecule has 2 heterocycles. The molecule has 0 fully saturated rings. The summed E-state index contributed by atoms with van der Waals surface area (Å²) in [6, 6.07) is 1.40. The number of fused-ring (bicyclic) bond motifs is 1. The highest BCUT2D eigenvalue weighted by Crippen LogP contribution is 1.98. The number of carbonyl (C=O) groups excluding carboxylic acids is 1. The normalized spacial score (nSPS) is 12.6. The van der Waals surface area contributed by atoms with Crippen molar-refractivity contribution >= 4 is 23.3 Å². The van der Waals surface area contributed by atoms with Crippen molar-refractivity contribution in [1.82, 2.24) is 24.9 Å². The van der Waals surface area contributed by atoms with Gasteiger partial charge in [-0.25, -0.2) is 4.98 Å². The third-order valence-electron chi connectivity index (χ3n) is 2.30. The highest BCUT2D eigenvalue weighted by molar-refractivity contribution is 6.30. The molecular formula is C10H12ClN5O2. The summed E-state index contributed by atoms with van der Waals surface area (Å²) in [7, 11) is 0. The third-order valence-corrected chi connectivity index (χ3v) is 2.49. The second kappa shape index (κ2) is 4.77. The fraction of sp³-hybridized carbons (Fsp3) is 0.400. The van der Waals surface area contributed by atoms with Crippen molar-refractivity contribution in [1.29, 1.82) is 0 Å². The van der Waals surface area contributed by atoms with Crippen LogP contribution in [0.15, 0.2) is 10.9 Å². The molecule has 0 radical (unpaired) electrons. The quantitative estimate of drug-likeness (QED) is 0.766.